The molecule has 1 unspecified atom stereocenters. The van der Waals surface area contributed by atoms with Crippen LogP contribution in [0.1, 0.15) is 53.6 Å². The molecule has 0 amide bonds. The van der Waals surface area contributed by atoms with Crippen molar-refractivity contribution in [2.24, 2.45) is 5.92 Å². The van der Waals surface area contributed by atoms with Crippen LogP contribution in [0.5, 0.6) is 5.75 Å². The van der Waals surface area contributed by atoms with Gasteiger partial charge in [0, 0.05) is 5.92 Å². The lowest BCUT2D eigenvalue weighted by Gasteiger charge is -2.34. The van der Waals surface area contributed by atoms with Crippen molar-refractivity contribution in [1.29, 1.82) is 0 Å². The van der Waals surface area contributed by atoms with Gasteiger partial charge in [-0.25, -0.2) is 4.79 Å². The molecule has 3 heteroatoms. The molecule has 0 aromatic heterocycles. The number of hydrogen-bond acceptors (Lipinski definition) is 3. The summed E-state index contributed by atoms with van der Waals surface area (Å²) in [5.74, 6) is 0.969. The summed E-state index contributed by atoms with van der Waals surface area (Å²) in [6.07, 6.45) is 3.73. The Morgan fingerprint density at radius 3 is 2.13 bits per heavy atom. The minimum absolute atomic E-state index is 0.274. The van der Waals surface area contributed by atoms with Crippen LogP contribution in [-0.2, 0) is 4.74 Å². The van der Waals surface area contributed by atoms with Crippen molar-refractivity contribution in [2.75, 3.05) is 6.61 Å². The summed E-state index contributed by atoms with van der Waals surface area (Å²) in [5, 5.41) is 9.52. The molecule has 0 heterocycles. The fraction of sp³-hybridized carbons (Fsp3) is 0.350. The van der Waals surface area contributed by atoms with Gasteiger partial charge in [0.25, 0.3) is 0 Å². The largest absolute Gasteiger partial charge is 0.508 e. The van der Waals surface area contributed by atoms with Gasteiger partial charge in [-0.3, -0.25) is 0 Å². The first-order valence-electron chi connectivity index (χ1n) is 8.25. The smallest absolute Gasteiger partial charge is 0.338 e. The molecule has 0 saturated heterocycles. The molecular weight excluding hydrogens is 288 g/mol. The first-order chi connectivity index (χ1) is 11.2. The predicted octanol–water partition coefficient (Wildman–Crippen LogP) is 4.50. The molecule has 1 aliphatic rings. The molecule has 2 aromatic carbocycles. The van der Waals surface area contributed by atoms with E-state index < -0.39 is 0 Å². The Kier molecular flexibility index (Phi) is 4.65. The van der Waals surface area contributed by atoms with Gasteiger partial charge in [0.05, 0.1) is 12.2 Å². The third-order valence-corrected chi connectivity index (χ3v) is 4.65. The highest BCUT2D eigenvalue weighted by Crippen LogP contribution is 2.43. The highest BCUT2D eigenvalue weighted by molar-refractivity contribution is 5.89. The Morgan fingerprint density at radius 2 is 1.65 bits per heavy atom. The zero-order valence-corrected chi connectivity index (χ0v) is 13.4. The first-order valence-corrected chi connectivity index (χ1v) is 8.25. The first kappa shape index (κ1) is 15.6. The third-order valence-electron chi connectivity index (χ3n) is 4.65. The van der Waals surface area contributed by atoms with E-state index >= 15 is 0 Å². The normalized spacial score (nSPS) is 15.7. The number of hydrogen-bond donors (Lipinski definition) is 1. The summed E-state index contributed by atoms with van der Waals surface area (Å²) < 4.78 is 5.04. The number of benzene rings is 2. The lowest BCUT2D eigenvalue weighted by atomic mass is 9.70. The van der Waals surface area contributed by atoms with E-state index in [4.69, 9.17) is 4.74 Å². The molecule has 0 bridgehead atoms. The van der Waals surface area contributed by atoms with Crippen molar-refractivity contribution in [3.8, 4) is 5.75 Å². The van der Waals surface area contributed by atoms with Crippen molar-refractivity contribution < 1.29 is 14.6 Å². The monoisotopic (exact) mass is 310 g/mol. The highest BCUT2D eigenvalue weighted by Gasteiger charge is 2.29. The molecule has 1 N–H and O–H groups in total. The molecule has 120 valence electrons. The molecule has 3 nitrogen and oxygen atoms in total. The summed E-state index contributed by atoms with van der Waals surface area (Å²) in [4.78, 5) is 11.8. The van der Waals surface area contributed by atoms with Gasteiger partial charge in [-0.1, -0.05) is 30.7 Å². The second-order valence-electron chi connectivity index (χ2n) is 6.10. The molecule has 1 aliphatic carbocycles. The van der Waals surface area contributed by atoms with Crippen molar-refractivity contribution in [3.05, 3.63) is 65.2 Å². The van der Waals surface area contributed by atoms with E-state index in [0.717, 1.165) is 0 Å². The van der Waals surface area contributed by atoms with Crippen LogP contribution in [0.15, 0.2) is 48.5 Å². The number of esters is 1. The van der Waals surface area contributed by atoms with Gasteiger partial charge >= 0.3 is 5.97 Å². The number of carbonyl (C=O) groups is 1. The van der Waals surface area contributed by atoms with Gasteiger partial charge in [0.15, 0.2) is 0 Å². The molecule has 2 aromatic rings. The summed E-state index contributed by atoms with van der Waals surface area (Å²) in [6, 6.07) is 15.2. The van der Waals surface area contributed by atoms with Crippen molar-refractivity contribution in [3.63, 3.8) is 0 Å². The summed E-state index contributed by atoms with van der Waals surface area (Å²) >= 11 is 0. The zero-order chi connectivity index (χ0) is 16.2. The van der Waals surface area contributed by atoms with E-state index in [9.17, 15) is 9.90 Å². The van der Waals surface area contributed by atoms with E-state index in [1.165, 1.54) is 30.4 Å². The van der Waals surface area contributed by atoms with Crippen molar-refractivity contribution in [2.45, 2.75) is 32.1 Å². The summed E-state index contributed by atoms with van der Waals surface area (Å²) in [5.41, 5.74) is 3.03. The van der Waals surface area contributed by atoms with Crippen LogP contribution in [0, 0.1) is 5.92 Å². The summed E-state index contributed by atoms with van der Waals surface area (Å²) in [7, 11) is 0. The van der Waals surface area contributed by atoms with Crippen LogP contribution < -0.4 is 0 Å². The number of rotatable bonds is 5. The van der Waals surface area contributed by atoms with E-state index in [1.807, 2.05) is 43.3 Å². The molecule has 23 heavy (non-hydrogen) atoms. The Morgan fingerprint density at radius 1 is 1.09 bits per heavy atom. The highest BCUT2D eigenvalue weighted by atomic mass is 16.5. The minimum atomic E-state index is -0.274. The SMILES string of the molecule is CCOC(=O)c1ccc(C(c2ccc(O)cc2)C2CCC2)cc1. The minimum Gasteiger partial charge on any atom is -0.508 e. The Bertz CT molecular complexity index is 654. The average molecular weight is 310 g/mol. The Balaban J connectivity index is 1.88. The van der Waals surface area contributed by atoms with Crippen LogP contribution in [0.4, 0.5) is 0 Å². The quantitative estimate of drug-likeness (QED) is 0.827. The van der Waals surface area contributed by atoms with Gasteiger partial charge in [0.2, 0.25) is 0 Å². The van der Waals surface area contributed by atoms with Crippen LogP contribution in [-0.4, -0.2) is 17.7 Å². The number of aromatic hydroxyl groups is 1. The summed E-state index contributed by atoms with van der Waals surface area (Å²) in [6.45, 7) is 2.20. The van der Waals surface area contributed by atoms with E-state index in [2.05, 4.69) is 0 Å². The molecular formula is C20H22O3. The van der Waals surface area contributed by atoms with Crippen LogP contribution in [0.3, 0.4) is 0 Å². The predicted molar refractivity (Wildman–Crippen MR) is 89.7 cm³/mol. The average Bonchev–Trinajstić information content (AvgIpc) is 2.52. The topological polar surface area (TPSA) is 46.5 Å². The van der Waals surface area contributed by atoms with Crippen molar-refractivity contribution >= 4 is 5.97 Å². The zero-order valence-electron chi connectivity index (χ0n) is 13.4. The van der Waals surface area contributed by atoms with Crippen LogP contribution >= 0.6 is 0 Å². The number of ether oxygens (including phenoxy) is 1. The number of carbonyl (C=O) groups excluding carboxylic acids is 1. The maximum Gasteiger partial charge on any atom is 0.338 e. The molecule has 3 rings (SSSR count). The van der Waals surface area contributed by atoms with Gasteiger partial charge in [-0.05, 0) is 61.1 Å². The van der Waals surface area contributed by atoms with Gasteiger partial charge in [0.1, 0.15) is 5.75 Å². The fourth-order valence-electron chi connectivity index (χ4n) is 3.23. The molecule has 1 saturated carbocycles. The standard InChI is InChI=1S/C20H22O3/c1-2-23-20(22)17-8-6-15(7-9-17)19(14-4-3-5-14)16-10-12-18(21)13-11-16/h6-14,19,21H,2-5H2,1H3. The second kappa shape index (κ2) is 6.86. The third kappa shape index (κ3) is 3.39. The maximum absolute atomic E-state index is 11.8. The van der Waals surface area contributed by atoms with E-state index in [0.29, 0.717) is 29.8 Å². The van der Waals surface area contributed by atoms with Gasteiger partial charge in [-0.2, -0.15) is 0 Å². The van der Waals surface area contributed by atoms with Crippen molar-refractivity contribution in [1.82, 2.24) is 0 Å². The Labute approximate surface area is 136 Å². The van der Waals surface area contributed by atoms with Crippen LogP contribution in [0.2, 0.25) is 0 Å². The molecule has 0 aliphatic heterocycles. The maximum atomic E-state index is 11.8. The molecule has 0 spiro atoms. The van der Waals surface area contributed by atoms with E-state index in [-0.39, 0.29) is 5.97 Å². The van der Waals surface area contributed by atoms with Crippen LogP contribution in [0.25, 0.3) is 0 Å². The molecule has 1 atom stereocenters. The van der Waals surface area contributed by atoms with Gasteiger partial charge in [-0.15, -0.1) is 0 Å². The Hall–Kier alpha value is -2.29. The molecule has 1 fully saturated rings. The number of phenolic OH excluding ortho intramolecular Hbond substituents is 1. The molecule has 0 radical (unpaired) electrons. The van der Waals surface area contributed by atoms with Gasteiger partial charge < -0.3 is 9.84 Å². The second-order valence-corrected chi connectivity index (χ2v) is 6.10. The fourth-order valence-corrected chi connectivity index (χ4v) is 3.23. The lowest BCUT2D eigenvalue weighted by molar-refractivity contribution is 0.0526. The number of phenols is 1. The van der Waals surface area contributed by atoms with E-state index in [1.54, 1.807) is 12.1 Å². The lowest BCUT2D eigenvalue weighted by Crippen LogP contribution is -2.21.